The summed E-state index contributed by atoms with van der Waals surface area (Å²) in [6.07, 6.45) is 6.91. The highest BCUT2D eigenvalue weighted by atomic mass is 16.3. The number of hydrogen-bond donors (Lipinski definition) is 0. The van der Waals surface area contributed by atoms with Gasteiger partial charge in [0.1, 0.15) is 0 Å². The number of furan rings is 1. The molecule has 1 atom stereocenters. The maximum Gasteiger partial charge on any atom is 0.253 e. The maximum absolute atomic E-state index is 5.35. The molecule has 0 fully saturated rings. The van der Waals surface area contributed by atoms with E-state index in [0.717, 1.165) is 12.8 Å². The van der Waals surface area contributed by atoms with Crippen LogP contribution in [0.4, 0.5) is 0 Å². The molecule has 1 aliphatic rings. The first-order valence-corrected chi connectivity index (χ1v) is 6.58. The fourth-order valence-corrected chi connectivity index (χ4v) is 2.69. The van der Waals surface area contributed by atoms with Crippen molar-refractivity contribution in [3.05, 3.63) is 35.9 Å². The van der Waals surface area contributed by atoms with Gasteiger partial charge in [0.25, 0.3) is 5.78 Å². The van der Waals surface area contributed by atoms with E-state index in [2.05, 4.69) is 22.0 Å². The topological polar surface area (TPSA) is 56.2 Å². The molecule has 0 saturated carbocycles. The number of hydrogen-bond acceptors (Lipinski definition) is 4. The molecule has 96 valence electrons. The predicted molar refractivity (Wildman–Crippen MR) is 69.7 cm³/mol. The van der Waals surface area contributed by atoms with Gasteiger partial charge in [0.2, 0.25) is 5.82 Å². The molecule has 0 amide bonds. The Bertz CT molecular complexity index is 729. The zero-order valence-corrected chi connectivity index (χ0v) is 10.7. The molecule has 4 rings (SSSR count). The van der Waals surface area contributed by atoms with Gasteiger partial charge in [0, 0.05) is 6.20 Å². The van der Waals surface area contributed by atoms with Gasteiger partial charge in [-0.2, -0.15) is 4.98 Å². The van der Waals surface area contributed by atoms with Crippen LogP contribution in [0.25, 0.3) is 17.4 Å². The Morgan fingerprint density at radius 3 is 3.21 bits per heavy atom. The molecule has 3 heterocycles. The van der Waals surface area contributed by atoms with Crippen LogP contribution in [0, 0.1) is 5.92 Å². The van der Waals surface area contributed by atoms with Crippen LogP contribution in [0.2, 0.25) is 0 Å². The van der Waals surface area contributed by atoms with Crippen LogP contribution in [-0.2, 0) is 12.8 Å². The van der Waals surface area contributed by atoms with Gasteiger partial charge in [0.15, 0.2) is 5.76 Å². The Hall–Kier alpha value is -2.17. The van der Waals surface area contributed by atoms with Crippen molar-refractivity contribution in [1.82, 2.24) is 19.6 Å². The Morgan fingerprint density at radius 1 is 1.42 bits per heavy atom. The van der Waals surface area contributed by atoms with Crippen LogP contribution in [0.5, 0.6) is 0 Å². The molecule has 0 aromatic carbocycles. The minimum Gasteiger partial charge on any atom is -0.461 e. The van der Waals surface area contributed by atoms with Gasteiger partial charge in [-0.1, -0.05) is 6.92 Å². The largest absolute Gasteiger partial charge is 0.461 e. The minimum atomic E-state index is 0.601. The van der Waals surface area contributed by atoms with Gasteiger partial charge >= 0.3 is 0 Å². The maximum atomic E-state index is 5.35. The van der Waals surface area contributed by atoms with Crippen molar-refractivity contribution in [3.8, 4) is 11.6 Å². The highest BCUT2D eigenvalue weighted by Gasteiger charge is 2.20. The zero-order chi connectivity index (χ0) is 12.8. The van der Waals surface area contributed by atoms with Crippen molar-refractivity contribution in [2.45, 2.75) is 26.2 Å². The molecule has 0 bridgehead atoms. The lowest BCUT2D eigenvalue weighted by Crippen LogP contribution is -2.16. The van der Waals surface area contributed by atoms with Gasteiger partial charge in [-0.25, -0.2) is 9.50 Å². The summed E-state index contributed by atoms with van der Waals surface area (Å²) in [4.78, 5) is 8.83. The summed E-state index contributed by atoms with van der Waals surface area (Å²) in [6.45, 7) is 2.28. The molecule has 0 spiro atoms. The molecule has 3 aromatic heterocycles. The van der Waals surface area contributed by atoms with E-state index in [0.29, 0.717) is 23.3 Å². The van der Waals surface area contributed by atoms with Crippen molar-refractivity contribution >= 4 is 5.78 Å². The van der Waals surface area contributed by atoms with E-state index in [9.17, 15) is 0 Å². The van der Waals surface area contributed by atoms with E-state index < -0.39 is 0 Å². The van der Waals surface area contributed by atoms with Crippen LogP contribution in [0.1, 0.15) is 24.6 Å². The smallest absolute Gasteiger partial charge is 0.253 e. The van der Waals surface area contributed by atoms with Crippen molar-refractivity contribution in [3.63, 3.8) is 0 Å². The number of aryl methyl sites for hydroxylation is 1. The molecule has 1 unspecified atom stereocenters. The lowest BCUT2D eigenvalue weighted by atomic mass is 9.89. The summed E-state index contributed by atoms with van der Waals surface area (Å²) >= 11 is 0. The van der Waals surface area contributed by atoms with Crippen molar-refractivity contribution < 1.29 is 4.42 Å². The molecule has 0 saturated heterocycles. The Labute approximate surface area is 110 Å². The molecule has 0 radical (unpaired) electrons. The monoisotopic (exact) mass is 254 g/mol. The lowest BCUT2D eigenvalue weighted by molar-refractivity contribution is 0.482. The van der Waals surface area contributed by atoms with Crippen LogP contribution in [-0.4, -0.2) is 19.6 Å². The van der Waals surface area contributed by atoms with Gasteiger partial charge in [-0.15, -0.1) is 5.10 Å². The Morgan fingerprint density at radius 2 is 2.37 bits per heavy atom. The average molecular weight is 254 g/mol. The van der Waals surface area contributed by atoms with Crippen molar-refractivity contribution in [2.75, 3.05) is 0 Å². The Kier molecular flexibility index (Phi) is 2.21. The van der Waals surface area contributed by atoms with Crippen LogP contribution >= 0.6 is 0 Å². The first-order valence-electron chi connectivity index (χ1n) is 6.58. The quantitative estimate of drug-likeness (QED) is 0.669. The molecule has 5 heteroatoms. The molecule has 1 aliphatic carbocycles. The first kappa shape index (κ1) is 10.7. The van der Waals surface area contributed by atoms with Crippen LogP contribution in [0.3, 0.4) is 0 Å². The van der Waals surface area contributed by atoms with E-state index >= 15 is 0 Å². The molecule has 19 heavy (non-hydrogen) atoms. The SMILES string of the molecule is CC1CCc2cnc3nc(-c4ccco4)nn3c2C1. The highest BCUT2D eigenvalue weighted by molar-refractivity contribution is 5.50. The van der Waals surface area contributed by atoms with E-state index in [1.807, 2.05) is 22.8 Å². The fraction of sp³-hybridized carbons (Fsp3) is 0.357. The standard InChI is InChI=1S/C14H14N4O/c1-9-4-5-10-8-15-14-16-13(12-3-2-6-19-12)17-18(14)11(10)7-9/h2-3,6,8-9H,4-5,7H2,1H3. The van der Waals surface area contributed by atoms with Gasteiger partial charge < -0.3 is 4.42 Å². The molecular formula is C14H14N4O. The summed E-state index contributed by atoms with van der Waals surface area (Å²) in [6, 6.07) is 3.70. The second-order valence-electron chi connectivity index (χ2n) is 5.20. The molecule has 3 aromatic rings. The second kappa shape index (κ2) is 3.91. The minimum absolute atomic E-state index is 0.601. The van der Waals surface area contributed by atoms with E-state index in [1.165, 1.54) is 17.7 Å². The van der Waals surface area contributed by atoms with Gasteiger partial charge in [-0.3, -0.25) is 0 Å². The second-order valence-corrected chi connectivity index (χ2v) is 5.20. The molecule has 5 nitrogen and oxygen atoms in total. The summed E-state index contributed by atoms with van der Waals surface area (Å²) in [7, 11) is 0. The summed E-state index contributed by atoms with van der Waals surface area (Å²) in [5.41, 5.74) is 2.54. The van der Waals surface area contributed by atoms with Crippen molar-refractivity contribution in [2.24, 2.45) is 5.92 Å². The first-order chi connectivity index (χ1) is 9.31. The summed E-state index contributed by atoms with van der Waals surface area (Å²) < 4.78 is 7.23. The molecular weight excluding hydrogens is 240 g/mol. The van der Waals surface area contributed by atoms with Gasteiger partial charge in [0.05, 0.1) is 12.0 Å². The van der Waals surface area contributed by atoms with E-state index in [4.69, 9.17) is 4.42 Å². The average Bonchev–Trinajstić information content (AvgIpc) is 3.07. The van der Waals surface area contributed by atoms with Crippen LogP contribution < -0.4 is 0 Å². The number of aromatic nitrogens is 4. The third-order valence-electron chi connectivity index (χ3n) is 3.74. The highest BCUT2D eigenvalue weighted by Crippen LogP contribution is 2.25. The number of fused-ring (bicyclic) bond motifs is 3. The predicted octanol–water partition coefficient (Wildman–Crippen LogP) is 2.51. The molecule has 0 aliphatic heterocycles. The lowest BCUT2D eigenvalue weighted by Gasteiger charge is -2.20. The van der Waals surface area contributed by atoms with E-state index in [-0.39, 0.29) is 0 Å². The number of nitrogens with zero attached hydrogens (tertiary/aromatic N) is 4. The molecule has 0 N–H and O–H groups in total. The summed E-state index contributed by atoms with van der Waals surface area (Å²) in [5.74, 6) is 2.63. The third kappa shape index (κ3) is 1.65. The van der Waals surface area contributed by atoms with E-state index in [1.54, 1.807) is 6.26 Å². The Balaban J connectivity index is 1.92. The fourth-order valence-electron chi connectivity index (χ4n) is 2.69. The van der Waals surface area contributed by atoms with Crippen LogP contribution in [0.15, 0.2) is 29.0 Å². The van der Waals surface area contributed by atoms with Gasteiger partial charge in [-0.05, 0) is 42.9 Å². The zero-order valence-electron chi connectivity index (χ0n) is 10.7. The normalized spacial score (nSPS) is 18.7. The third-order valence-corrected chi connectivity index (χ3v) is 3.74. The van der Waals surface area contributed by atoms with Crippen molar-refractivity contribution in [1.29, 1.82) is 0 Å². The number of rotatable bonds is 1. The summed E-state index contributed by atoms with van der Waals surface area (Å²) in [5, 5.41) is 4.55.